The van der Waals surface area contributed by atoms with Crippen LogP contribution in [0.2, 0.25) is 0 Å². The van der Waals surface area contributed by atoms with Crippen molar-refractivity contribution in [2.24, 2.45) is 0 Å². The Kier molecular flexibility index (Phi) is 5.68. The Labute approximate surface area is 141 Å². The lowest BCUT2D eigenvalue weighted by Crippen LogP contribution is -2.34. The molecule has 11 heteroatoms. The first-order chi connectivity index (χ1) is 11.2. The zero-order chi connectivity index (χ0) is 18.0. The standard InChI is InChI=1S/C13H22N4O5S2/c1-14-23(19,20)11-7-17(8-12(11)24(21,22)15-2)9-13(18)16-10-5-3-4-6-10/h7-8,10,14-15H,3-6,9H2,1-2H3,(H,16,18). The van der Waals surface area contributed by atoms with E-state index in [9.17, 15) is 21.6 Å². The number of aromatic nitrogens is 1. The van der Waals surface area contributed by atoms with Crippen LogP contribution < -0.4 is 14.8 Å². The molecule has 3 N–H and O–H groups in total. The number of amides is 1. The predicted molar refractivity (Wildman–Crippen MR) is 87.3 cm³/mol. The molecule has 9 nitrogen and oxygen atoms in total. The highest BCUT2D eigenvalue weighted by Crippen LogP contribution is 2.22. The van der Waals surface area contributed by atoms with Crippen LogP contribution in [0.5, 0.6) is 0 Å². The third kappa shape index (κ3) is 4.15. The minimum absolute atomic E-state index is 0.133. The minimum Gasteiger partial charge on any atom is -0.352 e. The number of hydrogen-bond acceptors (Lipinski definition) is 5. The Bertz CT molecular complexity index is 756. The molecule has 0 atom stereocenters. The number of rotatable bonds is 7. The molecule has 0 spiro atoms. The van der Waals surface area contributed by atoms with Crippen LogP contribution in [0, 0.1) is 0 Å². The van der Waals surface area contributed by atoms with Gasteiger partial charge >= 0.3 is 0 Å². The van der Waals surface area contributed by atoms with Gasteiger partial charge in [0.15, 0.2) is 0 Å². The smallest absolute Gasteiger partial charge is 0.243 e. The molecule has 1 aliphatic carbocycles. The van der Waals surface area contributed by atoms with Crippen molar-refractivity contribution < 1.29 is 21.6 Å². The van der Waals surface area contributed by atoms with Gasteiger partial charge in [-0.2, -0.15) is 0 Å². The fraction of sp³-hybridized carbons (Fsp3) is 0.615. The maximum atomic E-state index is 12.1. The number of nitrogens with one attached hydrogen (secondary N) is 3. The Balaban J connectivity index is 2.28. The molecule has 0 aromatic carbocycles. The first-order valence-electron chi connectivity index (χ1n) is 7.56. The first kappa shape index (κ1) is 18.9. The monoisotopic (exact) mass is 378 g/mol. The van der Waals surface area contributed by atoms with Crippen LogP contribution in [0.25, 0.3) is 0 Å². The number of nitrogens with zero attached hydrogens (tertiary/aromatic N) is 1. The topological polar surface area (TPSA) is 126 Å². The van der Waals surface area contributed by atoms with Gasteiger partial charge in [-0.15, -0.1) is 0 Å². The van der Waals surface area contributed by atoms with Gasteiger partial charge in [-0.05, 0) is 26.9 Å². The largest absolute Gasteiger partial charge is 0.352 e. The van der Waals surface area contributed by atoms with Gasteiger partial charge in [0.25, 0.3) is 0 Å². The molecule has 1 aromatic heterocycles. The van der Waals surface area contributed by atoms with Crippen molar-refractivity contribution in [3.05, 3.63) is 12.4 Å². The number of sulfonamides is 2. The molecular weight excluding hydrogens is 356 g/mol. The lowest BCUT2D eigenvalue weighted by Gasteiger charge is -2.12. The molecule has 136 valence electrons. The molecule has 0 saturated heterocycles. The third-order valence-corrected chi connectivity index (χ3v) is 6.98. The van der Waals surface area contributed by atoms with Gasteiger partial charge in [0.1, 0.15) is 16.3 Å². The molecule has 1 fully saturated rings. The van der Waals surface area contributed by atoms with Gasteiger partial charge in [-0.1, -0.05) is 12.8 Å². The van der Waals surface area contributed by atoms with E-state index < -0.39 is 29.8 Å². The lowest BCUT2D eigenvalue weighted by atomic mass is 10.2. The highest BCUT2D eigenvalue weighted by atomic mass is 32.2. The van der Waals surface area contributed by atoms with Gasteiger partial charge in [-0.25, -0.2) is 26.3 Å². The van der Waals surface area contributed by atoms with Crippen LogP contribution in [-0.4, -0.2) is 47.4 Å². The average Bonchev–Trinajstić information content (AvgIpc) is 3.17. The van der Waals surface area contributed by atoms with E-state index in [1.807, 2.05) is 0 Å². The minimum atomic E-state index is -3.98. The summed E-state index contributed by atoms with van der Waals surface area (Å²) in [5, 5.41) is 2.87. The van der Waals surface area contributed by atoms with E-state index >= 15 is 0 Å². The molecular formula is C13H22N4O5S2. The summed E-state index contributed by atoms with van der Waals surface area (Å²) in [4.78, 5) is 11.3. The second-order valence-electron chi connectivity index (χ2n) is 5.62. The Morgan fingerprint density at radius 1 is 1.04 bits per heavy atom. The van der Waals surface area contributed by atoms with Gasteiger partial charge in [-0.3, -0.25) is 4.79 Å². The maximum absolute atomic E-state index is 12.1. The summed E-state index contributed by atoms with van der Waals surface area (Å²) >= 11 is 0. The third-order valence-electron chi connectivity index (χ3n) is 3.97. The molecule has 0 unspecified atom stereocenters. The summed E-state index contributed by atoms with van der Waals surface area (Å²) in [5.74, 6) is -0.279. The van der Waals surface area contributed by atoms with E-state index in [0.29, 0.717) is 0 Å². The van der Waals surface area contributed by atoms with Crippen molar-refractivity contribution in [2.75, 3.05) is 14.1 Å². The van der Waals surface area contributed by atoms with Crippen molar-refractivity contribution in [3.8, 4) is 0 Å². The summed E-state index contributed by atoms with van der Waals surface area (Å²) in [6.45, 7) is -0.151. The molecule has 1 heterocycles. The normalized spacial score (nSPS) is 16.4. The van der Waals surface area contributed by atoms with Crippen LogP contribution in [0.15, 0.2) is 22.2 Å². The van der Waals surface area contributed by atoms with E-state index in [-0.39, 0.29) is 18.5 Å². The van der Waals surface area contributed by atoms with E-state index in [2.05, 4.69) is 14.8 Å². The highest BCUT2D eigenvalue weighted by molar-refractivity contribution is 7.92. The molecule has 24 heavy (non-hydrogen) atoms. The van der Waals surface area contributed by atoms with Crippen molar-refractivity contribution >= 4 is 26.0 Å². The molecule has 1 aromatic rings. The van der Waals surface area contributed by atoms with Crippen molar-refractivity contribution in [3.63, 3.8) is 0 Å². The molecule has 2 rings (SSSR count). The van der Waals surface area contributed by atoms with Gasteiger partial charge in [0, 0.05) is 18.4 Å². The van der Waals surface area contributed by atoms with Crippen molar-refractivity contribution in [1.29, 1.82) is 0 Å². The van der Waals surface area contributed by atoms with Crippen LogP contribution in [0.1, 0.15) is 25.7 Å². The summed E-state index contributed by atoms with van der Waals surface area (Å²) < 4.78 is 53.6. The summed E-state index contributed by atoms with van der Waals surface area (Å²) in [6, 6.07) is 0.133. The summed E-state index contributed by atoms with van der Waals surface area (Å²) in [6.07, 6.45) is 6.29. The Morgan fingerprint density at radius 3 is 1.92 bits per heavy atom. The Hall–Kier alpha value is -1.43. The maximum Gasteiger partial charge on any atom is 0.243 e. The summed E-state index contributed by atoms with van der Waals surface area (Å²) in [5.41, 5.74) is 0. The fourth-order valence-corrected chi connectivity index (χ4v) is 4.97. The molecule has 1 aliphatic rings. The van der Waals surface area contributed by atoms with E-state index in [1.165, 1.54) is 18.7 Å². The van der Waals surface area contributed by atoms with E-state index in [1.54, 1.807) is 0 Å². The predicted octanol–water partition coefficient (Wildman–Crippen LogP) is -0.637. The fourth-order valence-electron chi connectivity index (χ4n) is 2.69. The Morgan fingerprint density at radius 2 is 1.50 bits per heavy atom. The molecule has 1 saturated carbocycles. The number of carbonyl (C=O) groups excluding carboxylic acids is 1. The van der Waals surface area contributed by atoms with Crippen LogP contribution in [-0.2, 0) is 31.4 Å². The van der Waals surface area contributed by atoms with Crippen LogP contribution >= 0.6 is 0 Å². The van der Waals surface area contributed by atoms with Crippen molar-refractivity contribution in [1.82, 2.24) is 19.3 Å². The molecule has 1 amide bonds. The van der Waals surface area contributed by atoms with Gasteiger partial charge < -0.3 is 9.88 Å². The zero-order valence-corrected chi connectivity index (χ0v) is 15.2. The van der Waals surface area contributed by atoms with Gasteiger partial charge in [0.2, 0.25) is 26.0 Å². The van der Waals surface area contributed by atoms with Gasteiger partial charge in [0.05, 0.1) is 0 Å². The van der Waals surface area contributed by atoms with E-state index in [4.69, 9.17) is 0 Å². The van der Waals surface area contributed by atoms with Crippen LogP contribution in [0.3, 0.4) is 0 Å². The number of carbonyl (C=O) groups is 1. The lowest BCUT2D eigenvalue weighted by molar-refractivity contribution is -0.122. The van der Waals surface area contributed by atoms with Crippen molar-refractivity contribution in [2.45, 2.75) is 48.1 Å². The molecule has 0 radical (unpaired) electrons. The first-order valence-corrected chi connectivity index (χ1v) is 10.5. The molecule has 0 bridgehead atoms. The highest BCUT2D eigenvalue weighted by Gasteiger charge is 2.28. The zero-order valence-electron chi connectivity index (χ0n) is 13.6. The second kappa shape index (κ2) is 7.21. The second-order valence-corrected chi connectivity index (χ2v) is 9.33. The van der Waals surface area contributed by atoms with E-state index in [0.717, 1.165) is 38.1 Å². The average molecular weight is 378 g/mol. The number of hydrogen-bond donors (Lipinski definition) is 3. The summed E-state index contributed by atoms with van der Waals surface area (Å²) in [7, 11) is -5.58. The SMILES string of the molecule is CNS(=O)(=O)c1cn(CC(=O)NC2CCCC2)cc1S(=O)(=O)NC. The quantitative estimate of drug-likeness (QED) is 0.582. The molecule has 0 aliphatic heterocycles. The van der Waals surface area contributed by atoms with Crippen LogP contribution in [0.4, 0.5) is 0 Å².